The SMILES string of the molecule is O=C(O)C(Cc1cscc1C(F)(F)F)NC(=O)N1CC=CCC1. The lowest BCUT2D eigenvalue weighted by Gasteiger charge is -2.25. The van der Waals surface area contributed by atoms with Gasteiger partial charge in [-0.2, -0.15) is 24.5 Å². The minimum Gasteiger partial charge on any atom is -0.480 e. The molecule has 0 bridgehead atoms. The van der Waals surface area contributed by atoms with Crippen LogP contribution in [0, 0.1) is 0 Å². The number of amides is 2. The zero-order chi connectivity index (χ0) is 17.0. The quantitative estimate of drug-likeness (QED) is 0.822. The maximum absolute atomic E-state index is 12.8. The summed E-state index contributed by atoms with van der Waals surface area (Å²) in [4.78, 5) is 24.7. The largest absolute Gasteiger partial charge is 0.480 e. The molecule has 126 valence electrons. The van der Waals surface area contributed by atoms with Crippen molar-refractivity contribution in [2.24, 2.45) is 0 Å². The van der Waals surface area contributed by atoms with Crippen LogP contribution >= 0.6 is 11.3 Å². The molecule has 2 heterocycles. The van der Waals surface area contributed by atoms with Crippen molar-refractivity contribution in [1.82, 2.24) is 10.2 Å². The van der Waals surface area contributed by atoms with Gasteiger partial charge in [0, 0.05) is 24.9 Å². The fourth-order valence-electron chi connectivity index (χ4n) is 2.22. The van der Waals surface area contributed by atoms with Crippen molar-refractivity contribution in [3.63, 3.8) is 0 Å². The Bertz CT molecular complexity index is 613. The number of hydrogen-bond acceptors (Lipinski definition) is 3. The van der Waals surface area contributed by atoms with Crippen molar-refractivity contribution >= 4 is 23.3 Å². The number of rotatable bonds is 4. The zero-order valence-electron chi connectivity index (χ0n) is 12.0. The number of carbonyl (C=O) groups is 2. The van der Waals surface area contributed by atoms with Crippen LogP contribution in [-0.2, 0) is 17.4 Å². The van der Waals surface area contributed by atoms with Crippen LogP contribution in [0.4, 0.5) is 18.0 Å². The lowest BCUT2D eigenvalue weighted by molar-refractivity contribution is -0.141. The molecule has 0 spiro atoms. The maximum atomic E-state index is 12.8. The van der Waals surface area contributed by atoms with Crippen molar-refractivity contribution in [3.05, 3.63) is 34.0 Å². The first kappa shape index (κ1) is 17.3. The summed E-state index contributed by atoms with van der Waals surface area (Å²) in [6, 6.07) is -2.00. The van der Waals surface area contributed by atoms with E-state index in [-0.39, 0.29) is 5.56 Å². The Kier molecular flexibility index (Phi) is 5.30. The third-order valence-corrected chi connectivity index (χ3v) is 4.21. The Morgan fingerprint density at radius 1 is 1.35 bits per heavy atom. The predicted molar refractivity (Wildman–Crippen MR) is 78.3 cm³/mol. The first-order chi connectivity index (χ1) is 10.8. The van der Waals surface area contributed by atoms with E-state index < -0.39 is 36.2 Å². The molecule has 1 aromatic rings. The van der Waals surface area contributed by atoms with Gasteiger partial charge in [0.25, 0.3) is 0 Å². The van der Waals surface area contributed by atoms with Crippen molar-refractivity contribution < 1.29 is 27.9 Å². The molecule has 1 aromatic heterocycles. The van der Waals surface area contributed by atoms with E-state index in [1.54, 1.807) is 6.08 Å². The highest BCUT2D eigenvalue weighted by Crippen LogP contribution is 2.34. The molecule has 0 saturated heterocycles. The molecular weight excluding hydrogens is 333 g/mol. The Morgan fingerprint density at radius 2 is 2.09 bits per heavy atom. The molecule has 1 unspecified atom stereocenters. The normalized spacial score (nSPS) is 16.2. The fourth-order valence-corrected chi connectivity index (χ4v) is 3.09. The van der Waals surface area contributed by atoms with Crippen molar-refractivity contribution in [3.8, 4) is 0 Å². The van der Waals surface area contributed by atoms with Gasteiger partial charge in [-0.3, -0.25) is 0 Å². The summed E-state index contributed by atoms with van der Waals surface area (Å²) in [6.07, 6.45) is -0.615. The van der Waals surface area contributed by atoms with Crippen LogP contribution in [0.5, 0.6) is 0 Å². The monoisotopic (exact) mass is 348 g/mol. The summed E-state index contributed by atoms with van der Waals surface area (Å²) in [5.74, 6) is -1.37. The number of carbonyl (C=O) groups excluding carboxylic acids is 1. The molecule has 0 aromatic carbocycles. The molecule has 0 fully saturated rings. The molecule has 2 rings (SSSR count). The van der Waals surface area contributed by atoms with Crippen LogP contribution in [0.25, 0.3) is 0 Å². The maximum Gasteiger partial charge on any atom is 0.417 e. The van der Waals surface area contributed by atoms with Gasteiger partial charge >= 0.3 is 18.2 Å². The number of nitrogens with one attached hydrogen (secondary N) is 1. The summed E-state index contributed by atoms with van der Waals surface area (Å²) in [7, 11) is 0. The number of urea groups is 1. The second kappa shape index (κ2) is 7.03. The Balaban J connectivity index is 2.08. The summed E-state index contributed by atoms with van der Waals surface area (Å²) in [5.41, 5.74) is -0.988. The number of halogens is 3. The van der Waals surface area contributed by atoms with Crippen LogP contribution in [-0.4, -0.2) is 41.1 Å². The second-order valence-corrected chi connectivity index (χ2v) is 5.80. The van der Waals surface area contributed by atoms with E-state index in [1.165, 1.54) is 10.3 Å². The molecule has 0 saturated carbocycles. The average molecular weight is 348 g/mol. The van der Waals surface area contributed by atoms with Crippen LogP contribution < -0.4 is 5.32 Å². The van der Waals surface area contributed by atoms with Crippen LogP contribution in [0.3, 0.4) is 0 Å². The van der Waals surface area contributed by atoms with Crippen molar-refractivity contribution in [2.45, 2.75) is 25.1 Å². The predicted octanol–water partition coefficient (Wildman–Crippen LogP) is 2.73. The van der Waals surface area contributed by atoms with Gasteiger partial charge in [-0.15, -0.1) is 0 Å². The lowest BCUT2D eigenvalue weighted by Crippen LogP contribution is -2.49. The highest BCUT2D eigenvalue weighted by atomic mass is 32.1. The molecule has 2 N–H and O–H groups in total. The first-order valence-electron chi connectivity index (χ1n) is 6.84. The van der Waals surface area contributed by atoms with E-state index in [0.717, 1.165) is 16.7 Å². The molecular formula is C14H15F3N2O3S. The van der Waals surface area contributed by atoms with Crippen LogP contribution in [0.1, 0.15) is 17.5 Å². The van der Waals surface area contributed by atoms with Gasteiger partial charge in [0.05, 0.1) is 5.56 Å². The lowest BCUT2D eigenvalue weighted by atomic mass is 10.0. The summed E-state index contributed by atoms with van der Waals surface area (Å²) >= 11 is 0.849. The third-order valence-electron chi connectivity index (χ3n) is 3.41. The van der Waals surface area contributed by atoms with Gasteiger partial charge in [0.2, 0.25) is 0 Å². The number of carboxylic acids is 1. The molecule has 2 amide bonds. The van der Waals surface area contributed by atoms with E-state index in [0.29, 0.717) is 19.5 Å². The van der Waals surface area contributed by atoms with Crippen LogP contribution in [0.15, 0.2) is 22.9 Å². The third kappa shape index (κ3) is 4.47. The molecule has 5 nitrogen and oxygen atoms in total. The van der Waals surface area contributed by atoms with Gasteiger partial charge in [-0.1, -0.05) is 12.2 Å². The summed E-state index contributed by atoms with van der Waals surface area (Å²) in [6.45, 7) is 0.797. The number of aliphatic carboxylic acids is 1. The van der Waals surface area contributed by atoms with Gasteiger partial charge in [-0.05, 0) is 17.4 Å². The average Bonchev–Trinajstić information content (AvgIpc) is 2.95. The Morgan fingerprint density at radius 3 is 2.65 bits per heavy atom. The minimum atomic E-state index is -4.54. The Hall–Kier alpha value is -2.03. The Labute approximate surface area is 134 Å². The zero-order valence-corrected chi connectivity index (χ0v) is 12.8. The van der Waals surface area contributed by atoms with E-state index in [2.05, 4.69) is 5.32 Å². The number of thiophene rings is 1. The highest BCUT2D eigenvalue weighted by Gasteiger charge is 2.35. The number of alkyl halides is 3. The first-order valence-corrected chi connectivity index (χ1v) is 7.79. The van der Waals surface area contributed by atoms with Gasteiger partial charge in [0.1, 0.15) is 6.04 Å². The molecule has 23 heavy (non-hydrogen) atoms. The molecule has 1 aliphatic rings. The van der Waals surface area contributed by atoms with E-state index in [4.69, 9.17) is 0 Å². The molecule has 0 radical (unpaired) electrons. The van der Waals surface area contributed by atoms with Crippen molar-refractivity contribution in [1.29, 1.82) is 0 Å². The molecule has 1 aliphatic heterocycles. The number of carboxylic acid groups (broad SMARTS) is 1. The van der Waals surface area contributed by atoms with E-state index in [9.17, 15) is 27.9 Å². The highest BCUT2D eigenvalue weighted by molar-refractivity contribution is 7.08. The second-order valence-electron chi connectivity index (χ2n) is 5.06. The van der Waals surface area contributed by atoms with E-state index in [1.807, 2.05) is 6.08 Å². The molecule has 9 heteroatoms. The standard InChI is InChI=1S/C14H15F3N2O3S/c15-14(16,17)10-8-23-7-9(10)6-11(12(20)21)18-13(22)19-4-2-1-3-5-19/h1-2,7-8,11H,3-6H2,(H,18,22)(H,20,21). The van der Waals surface area contributed by atoms with Gasteiger partial charge in [0.15, 0.2) is 0 Å². The van der Waals surface area contributed by atoms with Gasteiger partial charge in [-0.25, -0.2) is 9.59 Å². The number of hydrogen-bond donors (Lipinski definition) is 2. The number of nitrogens with zero attached hydrogens (tertiary/aromatic N) is 1. The summed E-state index contributed by atoms with van der Waals surface area (Å²) in [5, 5.41) is 13.7. The van der Waals surface area contributed by atoms with E-state index >= 15 is 0 Å². The fraction of sp³-hybridized carbons (Fsp3) is 0.429. The van der Waals surface area contributed by atoms with Gasteiger partial charge < -0.3 is 15.3 Å². The summed E-state index contributed by atoms with van der Waals surface area (Å²) < 4.78 is 38.5. The van der Waals surface area contributed by atoms with Crippen LogP contribution in [0.2, 0.25) is 0 Å². The van der Waals surface area contributed by atoms with Crippen molar-refractivity contribution in [2.75, 3.05) is 13.1 Å². The topological polar surface area (TPSA) is 69.6 Å². The molecule has 1 atom stereocenters. The minimum absolute atomic E-state index is 0.131. The molecule has 0 aliphatic carbocycles. The smallest absolute Gasteiger partial charge is 0.417 e.